The third-order valence-electron chi connectivity index (χ3n) is 4.43. The van der Waals surface area contributed by atoms with Crippen molar-refractivity contribution in [2.24, 2.45) is 5.73 Å². The Morgan fingerprint density at radius 1 is 1.29 bits per heavy atom. The Morgan fingerprint density at radius 2 is 1.95 bits per heavy atom. The molecule has 1 saturated heterocycles. The van der Waals surface area contributed by atoms with E-state index in [0.29, 0.717) is 13.0 Å². The second-order valence-corrected chi connectivity index (χ2v) is 5.95. The molecule has 1 aliphatic carbocycles. The van der Waals surface area contributed by atoms with Crippen molar-refractivity contribution in [2.45, 2.75) is 57.1 Å². The summed E-state index contributed by atoms with van der Waals surface area (Å²) < 4.78 is 5.21. The number of nitrogens with one attached hydrogen (secondary N) is 1. The highest BCUT2D eigenvalue weighted by Gasteiger charge is 2.44. The highest BCUT2D eigenvalue weighted by molar-refractivity contribution is 5.92. The topological polar surface area (TPSA) is 102 Å². The van der Waals surface area contributed by atoms with Crippen molar-refractivity contribution in [1.82, 2.24) is 10.2 Å². The molecule has 2 rings (SSSR count). The van der Waals surface area contributed by atoms with E-state index in [9.17, 15) is 14.4 Å². The number of ether oxygens (including phenoxy) is 1. The highest BCUT2D eigenvalue weighted by Crippen LogP contribution is 2.28. The zero-order valence-electron chi connectivity index (χ0n) is 12.4. The molecule has 3 amide bonds. The number of alkyl carbamates (subject to hydrolysis) is 1. The Morgan fingerprint density at radius 3 is 2.57 bits per heavy atom. The summed E-state index contributed by atoms with van der Waals surface area (Å²) in [7, 11) is 0. The Bertz CT molecular complexity index is 434. The van der Waals surface area contributed by atoms with Crippen LogP contribution in [0.5, 0.6) is 0 Å². The molecule has 3 N–H and O–H groups in total. The maximum atomic E-state index is 12.2. The lowest BCUT2D eigenvalue weighted by Gasteiger charge is -2.32. The Balaban J connectivity index is 1.81. The number of rotatable bonds is 4. The van der Waals surface area contributed by atoms with E-state index in [4.69, 9.17) is 10.5 Å². The van der Waals surface area contributed by atoms with E-state index < -0.39 is 17.5 Å². The van der Waals surface area contributed by atoms with Gasteiger partial charge in [0.15, 0.2) is 0 Å². The van der Waals surface area contributed by atoms with Gasteiger partial charge in [0.25, 0.3) is 0 Å². The third kappa shape index (κ3) is 3.46. The third-order valence-corrected chi connectivity index (χ3v) is 4.43. The molecule has 0 aromatic heterocycles. The largest absolute Gasteiger partial charge is 0.446 e. The van der Waals surface area contributed by atoms with Crippen LogP contribution < -0.4 is 11.1 Å². The van der Waals surface area contributed by atoms with Crippen molar-refractivity contribution in [1.29, 1.82) is 0 Å². The number of nitrogens with two attached hydrogens (primary N) is 1. The van der Waals surface area contributed by atoms with Crippen molar-refractivity contribution in [3.8, 4) is 0 Å². The van der Waals surface area contributed by atoms with Gasteiger partial charge in [0.1, 0.15) is 18.2 Å². The second-order valence-electron chi connectivity index (χ2n) is 5.95. The van der Waals surface area contributed by atoms with Crippen LogP contribution in [0.15, 0.2) is 0 Å². The average molecular weight is 297 g/mol. The molecule has 1 unspecified atom stereocenters. The summed E-state index contributed by atoms with van der Waals surface area (Å²) in [5, 5.41) is 2.46. The molecular weight excluding hydrogens is 274 g/mol. The monoisotopic (exact) mass is 297 g/mol. The average Bonchev–Trinajstić information content (AvgIpc) is 3.06. The lowest BCUT2D eigenvalue weighted by atomic mass is 9.98. The first-order valence-corrected chi connectivity index (χ1v) is 7.48. The molecule has 0 bridgehead atoms. The smallest absolute Gasteiger partial charge is 0.407 e. The van der Waals surface area contributed by atoms with Gasteiger partial charge >= 0.3 is 6.09 Å². The van der Waals surface area contributed by atoms with Crippen LogP contribution in [0.4, 0.5) is 4.79 Å². The molecule has 118 valence electrons. The molecule has 7 heteroatoms. The van der Waals surface area contributed by atoms with Crippen molar-refractivity contribution in [2.75, 3.05) is 13.1 Å². The molecule has 2 aliphatic rings. The van der Waals surface area contributed by atoms with Crippen molar-refractivity contribution < 1.29 is 19.1 Å². The van der Waals surface area contributed by atoms with Crippen LogP contribution in [0.3, 0.4) is 0 Å². The molecule has 0 radical (unpaired) electrons. The van der Waals surface area contributed by atoms with Crippen molar-refractivity contribution in [3.63, 3.8) is 0 Å². The fourth-order valence-corrected chi connectivity index (χ4v) is 3.06. The number of carbonyl (C=O) groups excluding carboxylic acids is 3. The summed E-state index contributed by atoms with van der Waals surface area (Å²) in [5.41, 5.74) is 4.43. The van der Waals surface area contributed by atoms with E-state index in [2.05, 4.69) is 5.32 Å². The van der Waals surface area contributed by atoms with E-state index in [1.165, 1.54) is 4.90 Å². The van der Waals surface area contributed by atoms with Gasteiger partial charge in [-0.25, -0.2) is 4.79 Å². The predicted molar refractivity (Wildman–Crippen MR) is 75.3 cm³/mol. The molecule has 1 atom stereocenters. The molecule has 7 nitrogen and oxygen atoms in total. The first-order valence-electron chi connectivity index (χ1n) is 7.48. The lowest BCUT2D eigenvalue weighted by Crippen LogP contribution is -2.55. The van der Waals surface area contributed by atoms with Gasteiger partial charge in [-0.1, -0.05) is 0 Å². The minimum Gasteiger partial charge on any atom is -0.446 e. The molecular formula is C14H23N3O4. The normalized spacial score (nSPS) is 25.9. The SMILES string of the molecule is CC1(C(N)=O)CCCN1C(=O)CNC(=O)OC1CCCC1. The number of carbonyl (C=O) groups is 3. The van der Waals surface area contributed by atoms with E-state index in [1.54, 1.807) is 6.92 Å². The predicted octanol–water partition coefficient (Wildman–Crippen LogP) is 0.522. The van der Waals surface area contributed by atoms with Crippen LogP contribution in [0.1, 0.15) is 45.4 Å². The molecule has 0 aromatic rings. The van der Waals surface area contributed by atoms with Crippen molar-refractivity contribution >= 4 is 17.9 Å². The number of nitrogens with zero attached hydrogens (tertiary/aromatic N) is 1. The zero-order chi connectivity index (χ0) is 15.5. The number of likely N-dealkylation sites (tertiary alicyclic amines) is 1. The molecule has 21 heavy (non-hydrogen) atoms. The Hall–Kier alpha value is -1.79. The second kappa shape index (κ2) is 6.32. The number of primary amides is 1. The van der Waals surface area contributed by atoms with E-state index >= 15 is 0 Å². The number of amides is 3. The van der Waals surface area contributed by atoms with Crippen LogP contribution in [0, 0.1) is 0 Å². The number of hydrogen-bond acceptors (Lipinski definition) is 4. The van der Waals surface area contributed by atoms with E-state index in [0.717, 1.165) is 32.1 Å². The standard InChI is InChI=1S/C14H23N3O4/c1-14(12(15)19)7-4-8-17(14)11(18)9-16-13(20)21-10-5-2-3-6-10/h10H,2-9H2,1H3,(H2,15,19)(H,16,20). The Labute approximate surface area is 124 Å². The van der Waals surface area contributed by atoms with Gasteiger partial charge in [-0.2, -0.15) is 0 Å². The van der Waals surface area contributed by atoms with Crippen LogP contribution in [0.2, 0.25) is 0 Å². The van der Waals surface area contributed by atoms with Gasteiger partial charge < -0.3 is 20.7 Å². The van der Waals surface area contributed by atoms with Gasteiger partial charge in [0.05, 0.1) is 0 Å². The lowest BCUT2D eigenvalue weighted by molar-refractivity contribution is -0.141. The van der Waals surface area contributed by atoms with Gasteiger partial charge in [0, 0.05) is 6.54 Å². The maximum Gasteiger partial charge on any atom is 0.407 e. The summed E-state index contributed by atoms with van der Waals surface area (Å²) in [5.74, 6) is -0.820. The fourth-order valence-electron chi connectivity index (χ4n) is 3.06. The van der Waals surface area contributed by atoms with Crippen molar-refractivity contribution in [3.05, 3.63) is 0 Å². The quantitative estimate of drug-likeness (QED) is 0.789. The van der Waals surface area contributed by atoms with Gasteiger partial charge in [-0.05, 0) is 45.4 Å². The minimum absolute atomic E-state index is 0.0391. The van der Waals surface area contributed by atoms with E-state index in [1.807, 2.05) is 0 Å². The zero-order valence-corrected chi connectivity index (χ0v) is 12.4. The molecule has 0 spiro atoms. The summed E-state index contributed by atoms with van der Waals surface area (Å²) in [6.45, 7) is 1.98. The summed E-state index contributed by atoms with van der Waals surface area (Å²) in [4.78, 5) is 36.7. The Kier molecular flexibility index (Phi) is 4.69. The van der Waals surface area contributed by atoms with Crippen LogP contribution in [-0.2, 0) is 14.3 Å². The summed E-state index contributed by atoms with van der Waals surface area (Å²) in [6, 6.07) is 0. The van der Waals surface area contributed by atoms with Crippen LogP contribution in [-0.4, -0.2) is 47.5 Å². The van der Waals surface area contributed by atoms with Gasteiger partial charge in [-0.3, -0.25) is 9.59 Å². The van der Waals surface area contributed by atoms with Crippen LogP contribution >= 0.6 is 0 Å². The highest BCUT2D eigenvalue weighted by atomic mass is 16.6. The first kappa shape index (κ1) is 15.6. The van der Waals surface area contributed by atoms with Gasteiger partial charge in [-0.15, -0.1) is 0 Å². The number of hydrogen-bond donors (Lipinski definition) is 2. The minimum atomic E-state index is -0.950. The first-order chi connectivity index (χ1) is 9.93. The molecule has 1 aliphatic heterocycles. The summed E-state index contributed by atoms with van der Waals surface area (Å²) >= 11 is 0. The summed E-state index contributed by atoms with van der Waals surface area (Å²) in [6.07, 6.45) is 4.58. The van der Waals surface area contributed by atoms with Crippen LogP contribution in [0.25, 0.3) is 0 Å². The van der Waals surface area contributed by atoms with E-state index in [-0.39, 0.29) is 18.6 Å². The molecule has 2 fully saturated rings. The molecule has 0 aromatic carbocycles. The molecule has 1 saturated carbocycles. The fraction of sp³-hybridized carbons (Fsp3) is 0.786. The maximum absolute atomic E-state index is 12.2. The molecule has 1 heterocycles. The van der Waals surface area contributed by atoms with Gasteiger partial charge in [0.2, 0.25) is 11.8 Å².